The molecule has 0 saturated carbocycles. The van der Waals surface area contributed by atoms with E-state index in [1.54, 1.807) is 24.3 Å². The van der Waals surface area contributed by atoms with Crippen molar-refractivity contribution in [2.24, 2.45) is 5.73 Å². The molecule has 1 unspecified atom stereocenters. The first kappa shape index (κ1) is 13.9. The molecule has 2 N–H and O–H groups in total. The molecule has 0 amide bonds. The van der Waals surface area contributed by atoms with Crippen molar-refractivity contribution in [1.82, 2.24) is 0 Å². The fourth-order valence-corrected chi connectivity index (χ4v) is 2.24. The van der Waals surface area contributed by atoms with Crippen LogP contribution in [-0.4, -0.2) is 14.7 Å². The number of hydrogen-bond acceptors (Lipinski definition) is 3. The number of unbranched alkanes of at least 4 members (excludes halogenated alkanes) is 1. The molecule has 0 bridgehead atoms. The van der Waals surface area contributed by atoms with Crippen molar-refractivity contribution in [2.75, 3.05) is 6.26 Å². The largest absolute Gasteiger partial charge is 0.324 e. The zero-order chi connectivity index (χ0) is 12.9. The lowest BCUT2D eigenvalue weighted by atomic mass is 10.0. The normalized spacial score (nSPS) is 13.3. The second-order valence-electron chi connectivity index (χ2n) is 4.17. The van der Waals surface area contributed by atoms with Gasteiger partial charge in [0.15, 0.2) is 9.84 Å². The molecule has 0 saturated heterocycles. The van der Waals surface area contributed by atoms with Gasteiger partial charge in [0.05, 0.1) is 4.90 Å². The van der Waals surface area contributed by atoms with E-state index in [1.165, 1.54) is 6.26 Å². The predicted molar refractivity (Wildman–Crippen MR) is 70.5 cm³/mol. The molecule has 0 fully saturated rings. The van der Waals surface area contributed by atoms with Crippen LogP contribution >= 0.6 is 0 Å². The van der Waals surface area contributed by atoms with E-state index in [9.17, 15) is 8.42 Å². The fourth-order valence-electron chi connectivity index (χ4n) is 1.61. The molecule has 1 aromatic rings. The van der Waals surface area contributed by atoms with Gasteiger partial charge < -0.3 is 5.73 Å². The lowest BCUT2D eigenvalue weighted by molar-refractivity contribution is 0.600. The predicted octanol–water partition coefficient (Wildman–Crippen LogP) is 2.45. The number of rotatable bonds is 6. The molecular formula is C13H19NO2S. The first-order valence-corrected chi connectivity index (χ1v) is 7.51. The van der Waals surface area contributed by atoms with Crippen LogP contribution in [0.25, 0.3) is 0 Å². The summed E-state index contributed by atoms with van der Waals surface area (Å²) in [6.45, 7) is 3.66. The van der Waals surface area contributed by atoms with Crippen LogP contribution in [0.1, 0.15) is 30.9 Å². The van der Waals surface area contributed by atoms with Crippen LogP contribution in [0.5, 0.6) is 0 Å². The van der Waals surface area contributed by atoms with E-state index >= 15 is 0 Å². The van der Waals surface area contributed by atoms with Gasteiger partial charge in [-0.15, -0.1) is 6.58 Å². The molecule has 0 aliphatic carbocycles. The number of allylic oxidation sites excluding steroid dienone is 1. The van der Waals surface area contributed by atoms with E-state index in [2.05, 4.69) is 6.58 Å². The first-order valence-electron chi connectivity index (χ1n) is 5.61. The quantitative estimate of drug-likeness (QED) is 0.625. The minimum atomic E-state index is -3.12. The molecule has 0 radical (unpaired) electrons. The van der Waals surface area contributed by atoms with E-state index in [1.807, 2.05) is 6.08 Å². The Balaban J connectivity index is 2.70. The highest BCUT2D eigenvalue weighted by atomic mass is 32.2. The maximum Gasteiger partial charge on any atom is 0.175 e. The summed E-state index contributed by atoms with van der Waals surface area (Å²) in [6.07, 6.45) is 5.91. The van der Waals surface area contributed by atoms with Gasteiger partial charge >= 0.3 is 0 Å². The van der Waals surface area contributed by atoms with Crippen LogP contribution in [0.3, 0.4) is 0 Å². The summed E-state index contributed by atoms with van der Waals surface area (Å²) in [4.78, 5) is 0.333. The summed E-state index contributed by atoms with van der Waals surface area (Å²) in [5, 5.41) is 0. The zero-order valence-corrected chi connectivity index (χ0v) is 10.9. The minimum Gasteiger partial charge on any atom is -0.324 e. The van der Waals surface area contributed by atoms with Crippen LogP contribution < -0.4 is 5.73 Å². The molecule has 0 aromatic heterocycles. The Morgan fingerprint density at radius 1 is 1.35 bits per heavy atom. The van der Waals surface area contributed by atoms with Gasteiger partial charge in [-0.25, -0.2) is 8.42 Å². The van der Waals surface area contributed by atoms with Crippen molar-refractivity contribution < 1.29 is 8.42 Å². The van der Waals surface area contributed by atoms with Crippen molar-refractivity contribution in [2.45, 2.75) is 30.2 Å². The summed E-state index contributed by atoms with van der Waals surface area (Å²) in [5.41, 5.74) is 6.98. The summed E-state index contributed by atoms with van der Waals surface area (Å²) in [5.74, 6) is 0. The van der Waals surface area contributed by atoms with Gasteiger partial charge in [0.25, 0.3) is 0 Å². The molecule has 0 heterocycles. The summed E-state index contributed by atoms with van der Waals surface area (Å²) in [7, 11) is -3.12. The monoisotopic (exact) mass is 253 g/mol. The molecule has 4 heteroatoms. The standard InChI is InChI=1S/C13H19NO2S/c1-3-4-5-6-13(14)11-7-9-12(10-8-11)17(2,15)16/h3,7-10,13H,1,4-6,14H2,2H3. The van der Waals surface area contributed by atoms with Crippen molar-refractivity contribution in [3.63, 3.8) is 0 Å². The Kier molecular flexibility index (Phi) is 4.90. The third kappa shape index (κ3) is 4.32. The molecule has 1 atom stereocenters. The molecule has 0 aliphatic rings. The molecule has 3 nitrogen and oxygen atoms in total. The number of sulfone groups is 1. The van der Waals surface area contributed by atoms with Gasteiger partial charge in [0, 0.05) is 12.3 Å². The number of nitrogens with two attached hydrogens (primary N) is 1. The summed E-state index contributed by atoms with van der Waals surface area (Å²) >= 11 is 0. The summed E-state index contributed by atoms with van der Waals surface area (Å²) < 4.78 is 22.6. The van der Waals surface area contributed by atoms with Crippen molar-refractivity contribution >= 4 is 9.84 Å². The first-order chi connectivity index (χ1) is 7.95. The number of benzene rings is 1. The van der Waals surface area contributed by atoms with Crippen LogP contribution in [-0.2, 0) is 9.84 Å². The van der Waals surface area contributed by atoms with Crippen LogP contribution in [0.4, 0.5) is 0 Å². The van der Waals surface area contributed by atoms with E-state index in [0.717, 1.165) is 24.8 Å². The average Bonchev–Trinajstić information content (AvgIpc) is 2.28. The molecular weight excluding hydrogens is 234 g/mol. The van der Waals surface area contributed by atoms with Gasteiger partial charge in [0.1, 0.15) is 0 Å². The number of hydrogen-bond donors (Lipinski definition) is 1. The Labute approximate surface area is 103 Å². The zero-order valence-electron chi connectivity index (χ0n) is 10.1. The van der Waals surface area contributed by atoms with Gasteiger partial charge in [0.2, 0.25) is 0 Å². The van der Waals surface area contributed by atoms with Crippen LogP contribution in [0, 0.1) is 0 Å². The van der Waals surface area contributed by atoms with Gasteiger partial charge in [-0.1, -0.05) is 18.2 Å². The highest BCUT2D eigenvalue weighted by Crippen LogP contribution is 2.19. The maximum absolute atomic E-state index is 11.3. The van der Waals surface area contributed by atoms with E-state index in [4.69, 9.17) is 5.73 Å². The second-order valence-corrected chi connectivity index (χ2v) is 6.18. The third-order valence-corrected chi connectivity index (χ3v) is 3.79. The molecule has 94 valence electrons. The Hall–Kier alpha value is -1.13. The minimum absolute atomic E-state index is 0.0384. The highest BCUT2D eigenvalue weighted by molar-refractivity contribution is 7.90. The average molecular weight is 253 g/mol. The van der Waals surface area contributed by atoms with E-state index < -0.39 is 9.84 Å². The maximum atomic E-state index is 11.3. The third-order valence-electron chi connectivity index (χ3n) is 2.66. The Bertz CT molecular complexity index is 463. The van der Waals surface area contributed by atoms with E-state index in [-0.39, 0.29) is 6.04 Å². The van der Waals surface area contributed by atoms with E-state index in [0.29, 0.717) is 4.90 Å². The molecule has 0 spiro atoms. The highest BCUT2D eigenvalue weighted by Gasteiger charge is 2.09. The van der Waals surface area contributed by atoms with Crippen molar-refractivity contribution in [3.05, 3.63) is 42.5 Å². The molecule has 17 heavy (non-hydrogen) atoms. The Morgan fingerprint density at radius 3 is 2.41 bits per heavy atom. The van der Waals surface area contributed by atoms with Gasteiger partial charge in [-0.3, -0.25) is 0 Å². The SMILES string of the molecule is C=CCCCC(N)c1ccc(S(C)(=O)=O)cc1. The lowest BCUT2D eigenvalue weighted by Crippen LogP contribution is -2.10. The topological polar surface area (TPSA) is 60.2 Å². The molecule has 0 aliphatic heterocycles. The smallest absolute Gasteiger partial charge is 0.175 e. The van der Waals surface area contributed by atoms with Crippen molar-refractivity contribution in [1.29, 1.82) is 0 Å². The second kappa shape index (κ2) is 5.98. The molecule has 1 aromatic carbocycles. The lowest BCUT2D eigenvalue weighted by Gasteiger charge is -2.11. The van der Waals surface area contributed by atoms with Gasteiger partial charge in [-0.05, 0) is 37.0 Å². The van der Waals surface area contributed by atoms with Crippen LogP contribution in [0.2, 0.25) is 0 Å². The van der Waals surface area contributed by atoms with Crippen LogP contribution in [0.15, 0.2) is 41.8 Å². The molecule has 1 rings (SSSR count). The Morgan fingerprint density at radius 2 is 1.94 bits per heavy atom. The fraction of sp³-hybridized carbons (Fsp3) is 0.385. The van der Waals surface area contributed by atoms with Gasteiger partial charge in [-0.2, -0.15) is 0 Å². The van der Waals surface area contributed by atoms with Crippen molar-refractivity contribution in [3.8, 4) is 0 Å². The summed E-state index contributed by atoms with van der Waals surface area (Å²) in [6, 6.07) is 6.75.